The van der Waals surface area contributed by atoms with Crippen LogP contribution in [-0.2, 0) is 0 Å². The SMILES string of the molecule is CCSSc1cc(Cl)cc(Br)c1. The van der Waals surface area contributed by atoms with Crippen molar-refractivity contribution in [3.8, 4) is 0 Å². The molecule has 0 atom stereocenters. The van der Waals surface area contributed by atoms with Crippen LogP contribution in [0.1, 0.15) is 6.92 Å². The number of benzene rings is 1. The van der Waals surface area contributed by atoms with E-state index >= 15 is 0 Å². The summed E-state index contributed by atoms with van der Waals surface area (Å²) in [4.78, 5) is 1.20. The van der Waals surface area contributed by atoms with E-state index in [2.05, 4.69) is 28.9 Å². The Morgan fingerprint density at radius 1 is 1.42 bits per heavy atom. The normalized spacial score (nSPS) is 10.2. The van der Waals surface area contributed by atoms with Gasteiger partial charge in [-0.05, 0) is 18.2 Å². The molecule has 0 aromatic heterocycles. The van der Waals surface area contributed by atoms with Gasteiger partial charge in [0.25, 0.3) is 0 Å². The second-order valence-electron chi connectivity index (χ2n) is 2.10. The van der Waals surface area contributed by atoms with E-state index in [4.69, 9.17) is 11.6 Å². The predicted molar refractivity (Wildman–Crippen MR) is 63.1 cm³/mol. The molecule has 0 nitrogen and oxygen atoms in total. The molecule has 0 saturated heterocycles. The van der Waals surface area contributed by atoms with Gasteiger partial charge in [-0.25, -0.2) is 0 Å². The van der Waals surface area contributed by atoms with Crippen molar-refractivity contribution in [2.75, 3.05) is 5.75 Å². The van der Waals surface area contributed by atoms with Gasteiger partial charge >= 0.3 is 0 Å². The average molecular weight is 284 g/mol. The molecule has 0 fully saturated rings. The van der Waals surface area contributed by atoms with Gasteiger partial charge in [0, 0.05) is 20.1 Å². The molecule has 12 heavy (non-hydrogen) atoms. The summed E-state index contributed by atoms with van der Waals surface area (Å²) in [6, 6.07) is 5.93. The van der Waals surface area contributed by atoms with Gasteiger partial charge in [0.15, 0.2) is 0 Å². The van der Waals surface area contributed by atoms with Crippen LogP contribution in [0.15, 0.2) is 27.6 Å². The van der Waals surface area contributed by atoms with Crippen LogP contribution in [0.4, 0.5) is 0 Å². The van der Waals surface area contributed by atoms with Gasteiger partial charge in [-0.2, -0.15) is 0 Å². The van der Waals surface area contributed by atoms with Gasteiger partial charge in [0.05, 0.1) is 0 Å². The van der Waals surface area contributed by atoms with Crippen molar-refractivity contribution in [2.45, 2.75) is 11.8 Å². The lowest BCUT2D eigenvalue weighted by Gasteiger charge is -2.00. The summed E-state index contributed by atoms with van der Waals surface area (Å²) >= 11 is 9.27. The Balaban J connectivity index is 2.72. The molecule has 0 aliphatic carbocycles. The molecular formula is C8H8BrClS2. The highest BCUT2D eigenvalue weighted by atomic mass is 79.9. The fourth-order valence-electron chi connectivity index (χ4n) is 0.704. The van der Waals surface area contributed by atoms with Crippen LogP contribution in [0.25, 0.3) is 0 Å². The Morgan fingerprint density at radius 3 is 2.75 bits per heavy atom. The zero-order valence-corrected chi connectivity index (χ0v) is 10.5. The highest BCUT2D eigenvalue weighted by Crippen LogP contribution is 2.34. The summed E-state index contributed by atoms with van der Waals surface area (Å²) in [5, 5.41) is 0.781. The Kier molecular flexibility index (Phi) is 4.87. The van der Waals surface area contributed by atoms with Gasteiger partial charge < -0.3 is 0 Å². The number of hydrogen-bond donors (Lipinski definition) is 0. The summed E-state index contributed by atoms with van der Waals surface area (Å²) in [7, 11) is 3.57. The van der Waals surface area contributed by atoms with Crippen LogP contribution in [0.2, 0.25) is 5.02 Å². The lowest BCUT2D eigenvalue weighted by molar-refractivity contribution is 1.45. The molecular weight excluding hydrogens is 276 g/mol. The lowest BCUT2D eigenvalue weighted by atomic mass is 10.4. The van der Waals surface area contributed by atoms with E-state index < -0.39 is 0 Å². The maximum absolute atomic E-state index is 5.88. The molecule has 0 N–H and O–H groups in total. The van der Waals surface area contributed by atoms with Gasteiger partial charge in [-0.1, -0.05) is 56.0 Å². The Bertz CT molecular complexity index is 245. The summed E-state index contributed by atoms with van der Waals surface area (Å²) in [5.41, 5.74) is 0. The summed E-state index contributed by atoms with van der Waals surface area (Å²) in [5.74, 6) is 1.11. The molecule has 1 aromatic rings. The molecule has 1 aromatic carbocycles. The van der Waals surface area contributed by atoms with E-state index in [1.165, 1.54) is 4.90 Å². The second kappa shape index (κ2) is 5.43. The van der Waals surface area contributed by atoms with Crippen molar-refractivity contribution < 1.29 is 0 Å². The van der Waals surface area contributed by atoms with Crippen molar-refractivity contribution in [1.82, 2.24) is 0 Å². The quantitative estimate of drug-likeness (QED) is 0.726. The van der Waals surface area contributed by atoms with Gasteiger partial charge in [-0.15, -0.1) is 0 Å². The van der Waals surface area contributed by atoms with Crippen molar-refractivity contribution in [3.63, 3.8) is 0 Å². The molecule has 0 amide bonds. The Morgan fingerprint density at radius 2 is 2.17 bits per heavy atom. The van der Waals surface area contributed by atoms with E-state index in [0.717, 1.165) is 15.2 Å². The molecule has 0 saturated carbocycles. The minimum absolute atomic E-state index is 0.781. The highest BCUT2D eigenvalue weighted by Gasteiger charge is 1.97. The summed E-state index contributed by atoms with van der Waals surface area (Å²) < 4.78 is 1.04. The van der Waals surface area contributed by atoms with E-state index in [9.17, 15) is 0 Å². The lowest BCUT2D eigenvalue weighted by Crippen LogP contribution is -1.71. The molecule has 0 unspecified atom stereocenters. The Hall–Kier alpha value is 0.690. The smallest absolute Gasteiger partial charge is 0.0428 e. The first-order valence-electron chi connectivity index (χ1n) is 3.48. The molecule has 0 aliphatic heterocycles. The number of rotatable bonds is 3. The van der Waals surface area contributed by atoms with Gasteiger partial charge in [-0.3, -0.25) is 0 Å². The minimum Gasteiger partial charge on any atom is -0.0892 e. The third-order valence-corrected chi connectivity index (χ3v) is 4.20. The van der Waals surface area contributed by atoms with E-state index in [1.807, 2.05) is 22.9 Å². The molecule has 1 rings (SSSR count). The zero-order valence-electron chi connectivity index (χ0n) is 6.51. The Labute approximate surface area is 94.0 Å². The molecule has 0 spiro atoms. The minimum atomic E-state index is 0.781. The van der Waals surface area contributed by atoms with Crippen LogP contribution in [-0.4, -0.2) is 5.75 Å². The first kappa shape index (κ1) is 10.8. The number of halogens is 2. The molecule has 0 heterocycles. The van der Waals surface area contributed by atoms with Crippen LogP contribution < -0.4 is 0 Å². The molecule has 0 bridgehead atoms. The summed E-state index contributed by atoms with van der Waals surface area (Å²) in [6.45, 7) is 2.14. The van der Waals surface area contributed by atoms with Crippen molar-refractivity contribution in [1.29, 1.82) is 0 Å². The van der Waals surface area contributed by atoms with Crippen LogP contribution in [0.5, 0.6) is 0 Å². The third-order valence-electron chi connectivity index (χ3n) is 1.11. The largest absolute Gasteiger partial charge is 0.0892 e. The fraction of sp³-hybridized carbons (Fsp3) is 0.250. The highest BCUT2D eigenvalue weighted by molar-refractivity contribution is 9.10. The maximum Gasteiger partial charge on any atom is 0.0428 e. The monoisotopic (exact) mass is 282 g/mol. The molecule has 0 radical (unpaired) electrons. The molecule has 66 valence electrons. The third kappa shape index (κ3) is 3.60. The average Bonchev–Trinajstić information content (AvgIpc) is 1.99. The predicted octanol–water partition coefficient (Wildman–Crippen LogP) is 4.86. The molecule has 0 aliphatic rings. The first-order valence-corrected chi connectivity index (χ1v) is 6.97. The van der Waals surface area contributed by atoms with Crippen molar-refractivity contribution in [3.05, 3.63) is 27.7 Å². The van der Waals surface area contributed by atoms with Gasteiger partial charge in [0.2, 0.25) is 0 Å². The zero-order chi connectivity index (χ0) is 8.97. The van der Waals surface area contributed by atoms with E-state index in [0.29, 0.717) is 0 Å². The molecule has 4 heteroatoms. The fourth-order valence-corrected chi connectivity index (χ4v) is 3.43. The summed E-state index contributed by atoms with van der Waals surface area (Å²) in [6.07, 6.45) is 0. The second-order valence-corrected chi connectivity index (χ2v) is 6.11. The standard InChI is InChI=1S/C8H8BrClS2/c1-2-11-12-8-4-6(9)3-7(10)5-8/h3-5H,2H2,1H3. The van der Waals surface area contributed by atoms with Gasteiger partial charge in [0.1, 0.15) is 0 Å². The maximum atomic E-state index is 5.88. The van der Waals surface area contributed by atoms with Crippen molar-refractivity contribution >= 4 is 49.1 Å². The van der Waals surface area contributed by atoms with Crippen LogP contribution in [0, 0.1) is 0 Å². The van der Waals surface area contributed by atoms with Crippen molar-refractivity contribution in [2.24, 2.45) is 0 Å². The topological polar surface area (TPSA) is 0 Å². The van der Waals surface area contributed by atoms with Crippen LogP contribution >= 0.6 is 49.1 Å². The first-order chi connectivity index (χ1) is 5.72. The van der Waals surface area contributed by atoms with E-state index in [-0.39, 0.29) is 0 Å². The number of hydrogen-bond acceptors (Lipinski definition) is 2. The van der Waals surface area contributed by atoms with E-state index in [1.54, 1.807) is 10.8 Å². The van der Waals surface area contributed by atoms with Crippen LogP contribution in [0.3, 0.4) is 0 Å².